The highest BCUT2D eigenvalue weighted by Gasteiger charge is 2.34. The number of rotatable bonds is 6. The Balaban J connectivity index is 1.55. The number of likely N-dealkylation sites (N-methyl/N-ethyl adjacent to an activating group) is 1. The molecule has 1 saturated heterocycles. The number of ether oxygens (including phenoxy) is 1. The Morgan fingerprint density at radius 3 is 2.75 bits per heavy atom. The molecule has 3 rings (SSSR count). The average Bonchev–Trinajstić information content (AvgIpc) is 3.04. The summed E-state index contributed by atoms with van der Waals surface area (Å²) in [5.41, 5.74) is 1.42. The van der Waals surface area contributed by atoms with Crippen LogP contribution in [-0.2, 0) is 24.2 Å². The van der Waals surface area contributed by atoms with Crippen molar-refractivity contribution in [1.82, 2.24) is 9.88 Å². The third-order valence-electron chi connectivity index (χ3n) is 4.66. The molecule has 1 atom stereocenters. The van der Waals surface area contributed by atoms with Crippen molar-refractivity contribution in [3.05, 3.63) is 48.2 Å². The van der Waals surface area contributed by atoms with Crippen LogP contribution in [0.1, 0.15) is 19.0 Å². The van der Waals surface area contributed by atoms with Gasteiger partial charge in [0.2, 0.25) is 0 Å². The molecule has 2 aromatic rings. The summed E-state index contributed by atoms with van der Waals surface area (Å²) in [7, 11) is -3.09. The minimum atomic E-state index is -3.09. The van der Waals surface area contributed by atoms with Crippen LogP contribution in [0.2, 0.25) is 0 Å². The van der Waals surface area contributed by atoms with Crippen LogP contribution in [0.15, 0.2) is 42.5 Å². The van der Waals surface area contributed by atoms with Crippen LogP contribution in [0.25, 0.3) is 17.0 Å². The number of hydrogen-bond donors (Lipinski definition) is 0. The second-order valence-electron chi connectivity index (χ2n) is 6.61. The Labute approximate surface area is 163 Å². The van der Waals surface area contributed by atoms with Gasteiger partial charge in [-0.15, -0.1) is 0 Å². The van der Waals surface area contributed by atoms with Gasteiger partial charge in [0.15, 0.2) is 16.4 Å². The number of benzene rings is 1. The molecular formula is C20H22N2O5S. The molecule has 1 aliphatic rings. The third-order valence-corrected chi connectivity index (χ3v) is 6.41. The largest absolute Gasteiger partial charge is 0.452 e. The minimum absolute atomic E-state index is 0.0337. The number of nitrogens with zero attached hydrogens (tertiary/aromatic N) is 2. The molecule has 0 saturated carbocycles. The zero-order chi connectivity index (χ0) is 20.1. The van der Waals surface area contributed by atoms with Gasteiger partial charge in [-0.05, 0) is 31.6 Å². The number of fused-ring (bicyclic) bond motifs is 1. The Morgan fingerprint density at radius 2 is 2.04 bits per heavy atom. The fourth-order valence-corrected chi connectivity index (χ4v) is 4.98. The number of pyridine rings is 1. The van der Waals surface area contributed by atoms with Gasteiger partial charge in [-0.1, -0.05) is 24.3 Å². The SMILES string of the molecule is CCN(C(=O)COC(=O)/C=C/c1ccc2ccccc2n1)C1CCS(=O)(=O)C1. The molecule has 1 aromatic carbocycles. The topological polar surface area (TPSA) is 93.6 Å². The molecule has 0 spiro atoms. The van der Waals surface area contributed by atoms with Crippen molar-refractivity contribution in [2.24, 2.45) is 0 Å². The summed E-state index contributed by atoms with van der Waals surface area (Å²) < 4.78 is 28.2. The van der Waals surface area contributed by atoms with Gasteiger partial charge in [0.25, 0.3) is 5.91 Å². The predicted octanol–water partition coefficient (Wildman–Crippen LogP) is 1.83. The van der Waals surface area contributed by atoms with Crippen molar-refractivity contribution >= 4 is 38.7 Å². The van der Waals surface area contributed by atoms with Crippen LogP contribution in [0, 0.1) is 0 Å². The van der Waals surface area contributed by atoms with E-state index in [0.29, 0.717) is 18.7 Å². The highest BCUT2D eigenvalue weighted by Crippen LogP contribution is 2.18. The molecule has 0 aliphatic carbocycles. The number of sulfone groups is 1. The summed E-state index contributed by atoms with van der Waals surface area (Å²) in [6, 6.07) is 11.0. The zero-order valence-corrected chi connectivity index (χ0v) is 16.4. The first-order valence-corrected chi connectivity index (χ1v) is 10.9. The van der Waals surface area contributed by atoms with Crippen molar-refractivity contribution in [3.8, 4) is 0 Å². The average molecular weight is 402 g/mol. The maximum absolute atomic E-state index is 12.3. The Kier molecular flexibility index (Phi) is 6.08. The van der Waals surface area contributed by atoms with Crippen LogP contribution >= 0.6 is 0 Å². The van der Waals surface area contributed by atoms with Crippen molar-refractivity contribution in [1.29, 1.82) is 0 Å². The number of para-hydroxylation sites is 1. The molecule has 1 amide bonds. The van der Waals surface area contributed by atoms with Gasteiger partial charge in [-0.3, -0.25) is 4.79 Å². The maximum atomic E-state index is 12.3. The van der Waals surface area contributed by atoms with E-state index in [0.717, 1.165) is 10.9 Å². The summed E-state index contributed by atoms with van der Waals surface area (Å²) in [5, 5.41) is 1.00. The fraction of sp³-hybridized carbons (Fsp3) is 0.350. The van der Waals surface area contributed by atoms with E-state index < -0.39 is 28.3 Å². The highest BCUT2D eigenvalue weighted by molar-refractivity contribution is 7.91. The maximum Gasteiger partial charge on any atom is 0.331 e. The molecule has 8 heteroatoms. The molecule has 7 nitrogen and oxygen atoms in total. The standard InChI is InChI=1S/C20H22N2O5S/c1-2-22(17-11-12-28(25,26)14-17)19(23)13-27-20(24)10-9-16-8-7-15-5-3-4-6-18(15)21-16/h3-10,17H,2,11-14H2,1H3/b10-9+. The van der Waals surface area contributed by atoms with E-state index in [1.54, 1.807) is 13.0 Å². The monoisotopic (exact) mass is 402 g/mol. The van der Waals surface area contributed by atoms with Gasteiger partial charge in [0.1, 0.15) is 0 Å². The first-order valence-electron chi connectivity index (χ1n) is 9.08. The lowest BCUT2D eigenvalue weighted by atomic mass is 10.2. The van der Waals surface area contributed by atoms with Crippen molar-refractivity contribution in [2.45, 2.75) is 19.4 Å². The highest BCUT2D eigenvalue weighted by atomic mass is 32.2. The molecule has 148 valence electrons. The lowest BCUT2D eigenvalue weighted by Gasteiger charge is -2.26. The molecule has 28 heavy (non-hydrogen) atoms. The van der Waals surface area contributed by atoms with E-state index in [1.807, 2.05) is 30.3 Å². The first kappa shape index (κ1) is 20.0. The Hall–Kier alpha value is -2.74. The minimum Gasteiger partial charge on any atom is -0.452 e. The van der Waals surface area contributed by atoms with Crippen molar-refractivity contribution in [3.63, 3.8) is 0 Å². The number of carbonyl (C=O) groups excluding carboxylic acids is 2. The summed E-state index contributed by atoms with van der Waals surface area (Å²) in [5.74, 6) is -0.995. The van der Waals surface area contributed by atoms with Crippen LogP contribution in [-0.4, -0.2) is 60.9 Å². The molecular weight excluding hydrogens is 380 g/mol. The van der Waals surface area contributed by atoms with Gasteiger partial charge in [0.05, 0.1) is 22.7 Å². The first-order chi connectivity index (χ1) is 13.4. The van der Waals surface area contributed by atoms with Crippen LogP contribution < -0.4 is 0 Å². The van der Waals surface area contributed by atoms with Gasteiger partial charge in [-0.25, -0.2) is 18.2 Å². The van der Waals surface area contributed by atoms with Gasteiger partial charge < -0.3 is 9.64 Å². The van der Waals surface area contributed by atoms with E-state index in [9.17, 15) is 18.0 Å². The van der Waals surface area contributed by atoms with Gasteiger partial charge in [-0.2, -0.15) is 0 Å². The van der Waals surface area contributed by atoms with Gasteiger partial charge >= 0.3 is 5.97 Å². The van der Waals surface area contributed by atoms with E-state index in [4.69, 9.17) is 4.74 Å². The summed E-state index contributed by atoms with van der Waals surface area (Å²) in [6.07, 6.45) is 3.17. The van der Waals surface area contributed by atoms with Crippen molar-refractivity contribution in [2.75, 3.05) is 24.7 Å². The molecule has 1 fully saturated rings. The van der Waals surface area contributed by atoms with Crippen LogP contribution in [0.4, 0.5) is 0 Å². The normalized spacial score (nSPS) is 18.4. The van der Waals surface area contributed by atoms with E-state index in [1.165, 1.54) is 17.1 Å². The fourth-order valence-electron chi connectivity index (χ4n) is 3.25. The smallest absolute Gasteiger partial charge is 0.331 e. The number of aromatic nitrogens is 1. The molecule has 1 unspecified atom stereocenters. The predicted molar refractivity (Wildman–Crippen MR) is 106 cm³/mol. The van der Waals surface area contributed by atoms with E-state index in [-0.39, 0.29) is 17.5 Å². The number of carbonyl (C=O) groups is 2. The second kappa shape index (κ2) is 8.52. The molecule has 1 aliphatic heterocycles. The van der Waals surface area contributed by atoms with Crippen LogP contribution in [0.5, 0.6) is 0 Å². The zero-order valence-electron chi connectivity index (χ0n) is 15.6. The Bertz CT molecular complexity index is 1020. The van der Waals surface area contributed by atoms with E-state index >= 15 is 0 Å². The number of hydrogen-bond acceptors (Lipinski definition) is 6. The lowest BCUT2D eigenvalue weighted by Crippen LogP contribution is -2.43. The Morgan fingerprint density at radius 1 is 1.25 bits per heavy atom. The third kappa shape index (κ3) is 4.95. The van der Waals surface area contributed by atoms with Crippen LogP contribution in [0.3, 0.4) is 0 Å². The molecule has 0 bridgehead atoms. The molecule has 0 radical (unpaired) electrons. The number of esters is 1. The molecule has 0 N–H and O–H groups in total. The second-order valence-corrected chi connectivity index (χ2v) is 8.84. The quantitative estimate of drug-likeness (QED) is 0.541. The molecule has 1 aromatic heterocycles. The summed E-state index contributed by atoms with van der Waals surface area (Å²) >= 11 is 0. The summed E-state index contributed by atoms with van der Waals surface area (Å²) in [6.45, 7) is 1.72. The van der Waals surface area contributed by atoms with E-state index in [2.05, 4.69) is 4.98 Å². The number of amides is 1. The van der Waals surface area contributed by atoms with Gasteiger partial charge in [0, 0.05) is 24.0 Å². The molecule has 2 heterocycles. The van der Waals surface area contributed by atoms with Crippen molar-refractivity contribution < 1.29 is 22.7 Å². The summed E-state index contributed by atoms with van der Waals surface area (Å²) in [4.78, 5) is 30.1. The lowest BCUT2D eigenvalue weighted by molar-refractivity contribution is -0.149.